The quantitative estimate of drug-likeness (QED) is 0.532. The van der Waals surface area contributed by atoms with Crippen LogP contribution in [0.15, 0.2) is 54.6 Å². The predicted octanol–water partition coefficient (Wildman–Crippen LogP) is 4.01. The molecule has 0 saturated heterocycles. The SMILES string of the molecule is CCOC(=O)c1c2cccccc-2nc1-n1c(C)nc2ccccc21. The molecular formula is C20H17N3O2. The Hall–Kier alpha value is -3.21. The number of ether oxygens (including phenoxy) is 1. The van der Waals surface area contributed by atoms with E-state index in [9.17, 15) is 4.79 Å². The molecule has 1 aromatic heterocycles. The lowest BCUT2D eigenvalue weighted by Crippen LogP contribution is -2.09. The fourth-order valence-electron chi connectivity index (χ4n) is 3.12. The van der Waals surface area contributed by atoms with Crippen LogP contribution < -0.4 is 0 Å². The minimum Gasteiger partial charge on any atom is -0.462 e. The molecule has 2 heterocycles. The van der Waals surface area contributed by atoms with Gasteiger partial charge >= 0.3 is 5.97 Å². The first kappa shape index (κ1) is 15.3. The zero-order valence-electron chi connectivity index (χ0n) is 14.1. The van der Waals surface area contributed by atoms with Crippen LogP contribution in [0.3, 0.4) is 0 Å². The number of aryl methyl sites for hydroxylation is 1. The molecule has 2 aromatic rings. The molecule has 0 unspecified atom stereocenters. The smallest absolute Gasteiger partial charge is 0.342 e. The van der Waals surface area contributed by atoms with E-state index in [2.05, 4.69) is 4.98 Å². The van der Waals surface area contributed by atoms with Crippen LogP contribution in [-0.2, 0) is 4.74 Å². The lowest BCUT2D eigenvalue weighted by molar-refractivity contribution is 0.0527. The zero-order valence-corrected chi connectivity index (χ0v) is 14.1. The first-order chi connectivity index (χ1) is 12.2. The van der Waals surface area contributed by atoms with E-state index in [0.717, 1.165) is 28.1 Å². The Balaban J connectivity index is 2.07. The van der Waals surface area contributed by atoms with Gasteiger partial charge in [0, 0.05) is 5.56 Å². The molecule has 0 fully saturated rings. The Morgan fingerprint density at radius 3 is 2.64 bits per heavy atom. The highest BCUT2D eigenvalue weighted by molar-refractivity contribution is 6.02. The second-order valence-corrected chi connectivity index (χ2v) is 5.72. The average molecular weight is 331 g/mol. The molecule has 0 N–H and O–H groups in total. The Labute approximate surface area is 145 Å². The van der Waals surface area contributed by atoms with Gasteiger partial charge in [0.2, 0.25) is 0 Å². The predicted molar refractivity (Wildman–Crippen MR) is 96.2 cm³/mol. The van der Waals surface area contributed by atoms with Crippen LogP contribution in [0, 0.1) is 6.92 Å². The number of aromatic nitrogens is 3. The summed E-state index contributed by atoms with van der Waals surface area (Å²) < 4.78 is 7.22. The molecular weight excluding hydrogens is 314 g/mol. The number of para-hydroxylation sites is 2. The van der Waals surface area contributed by atoms with Crippen molar-refractivity contribution in [2.24, 2.45) is 0 Å². The fraction of sp³-hybridized carbons (Fsp3) is 0.150. The van der Waals surface area contributed by atoms with E-state index in [1.807, 2.05) is 66.1 Å². The maximum Gasteiger partial charge on any atom is 0.342 e. The van der Waals surface area contributed by atoms with E-state index in [1.165, 1.54) is 0 Å². The summed E-state index contributed by atoms with van der Waals surface area (Å²) in [6.45, 7) is 4.02. The molecule has 0 atom stereocenters. The van der Waals surface area contributed by atoms with E-state index in [4.69, 9.17) is 9.72 Å². The van der Waals surface area contributed by atoms with Crippen molar-refractivity contribution in [1.29, 1.82) is 0 Å². The summed E-state index contributed by atoms with van der Waals surface area (Å²) in [5, 5.41) is 0. The van der Waals surface area contributed by atoms with E-state index >= 15 is 0 Å². The van der Waals surface area contributed by atoms with Gasteiger partial charge in [0.05, 0.1) is 23.3 Å². The highest BCUT2D eigenvalue weighted by atomic mass is 16.5. The van der Waals surface area contributed by atoms with Gasteiger partial charge in [-0.2, -0.15) is 0 Å². The Bertz CT molecular complexity index is 1050. The minimum atomic E-state index is -0.372. The van der Waals surface area contributed by atoms with Crippen LogP contribution in [0.2, 0.25) is 0 Å². The maximum atomic E-state index is 12.7. The van der Waals surface area contributed by atoms with Crippen molar-refractivity contribution in [3.63, 3.8) is 0 Å². The lowest BCUT2D eigenvalue weighted by atomic mass is 10.1. The van der Waals surface area contributed by atoms with Crippen LogP contribution >= 0.6 is 0 Å². The van der Waals surface area contributed by atoms with Gasteiger partial charge in [0.15, 0.2) is 5.82 Å². The molecule has 1 aliphatic heterocycles. The number of imidazole rings is 1. The summed E-state index contributed by atoms with van der Waals surface area (Å²) >= 11 is 0. The van der Waals surface area contributed by atoms with Crippen molar-refractivity contribution in [2.45, 2.75) is 13.8 Å². The molecule has 0 amide bonds. The van der Waals surface area contributed by atoms with Crippen molar-refractivity contribution < 1.29 is 9.53 Å². The summed E-state index contributed by atoms with van der Waals surface area (Å²) in [5.74, 6) is 0.966. The van der Waals surface area contributed by atoms with Crippen molar-refractivity contribution in [2.75, 3.05) is 6.61 Å². The summed E-state index contributed by atoms with van der Waals surface area (Å²) in [6, 6.07) is 17.3. The summed E-state index contributed by atoms with van der Waals surface area (Å²) in [5.41, 5.74) is 3.78. The molecule has 25 heavy (non-hydrogen) atoms. The Morgan fingerprint density at radius 2 is 1.80 bits per heavy atom. The van der Waals surface area contributed by atoms with Crippen LogP contribution in [0.4, 0.5) is 0 Å². The van der Waals surface area contributed by atoms with E-state index in [0.29, 0.717) is 18.0 Å². The van der Waals surface area contributed by atoms with Crippen LogP contribution in [0.5, 0.6) is 0 Å². The van der Waals surface area contributed by atoms with E-state index in [-0.39, 0.29) is 5.97 Å². The minimum absolute atomic E-state index is 0.313. The summed E-state index contributed by atoms with van der Waals surface area (Å²) in [6.07, 6.45) is 0. The molecule has 1 aliphatic carbocycles. The third kappa shape index (κ3) is 2.45. The molecule has 0 saturated carbocycles. The van der Waals surface area contributed by atoms with Gasteiger partial charge in [0.1, 0.15) is 11.4 Å². The second kappa shape index (κ2) is 6.02. The molecule has 5 nitrogen and oxygen atoms in total. The van der Waals surface area contributed by atoms with Gasteiger partial charge in [-0.15, -0.1) is 0 Å². The molecule has 2 aliphatic rings. The van der Waals surface area contributed by atoms with Gasteiger partial charge in [-0.3, -0.25) is 4.57 Å². The van der Waals surface area contributed by atoms with Crippen molar-refractivity contribution in [3.8, 4) is 17.1 Å². The van der Waals surface area contributed by atoms with E-state index in [1.54, 1.807) is 6.92 Å². The first-order valence-corrected chi connectivity index (χ1v) is 8.21. The standard InChI is InChI=1S/C20H17N3O2/c1-3-25-20(24)18-14-9-5-4-6-10-15(14)22-19(18)23-13(2)21-16-11-7-8-12-17(16)23/h4-12H,3H2,1-2H3. The third-order valence-electron chi connectivity index (χ3n) is 4.15. The normalized spacial score (nSPS) is 11.1. The number of carbonyl (C=O) groups is 1. The van der Waals surface area contributed by atoms with Crippen LogP contribution in [0.1, 0.15) is 23.1 Å². The van der Waals surface area contributed by atoms with E-state index < -0.39 is 0 Å². The first-order valence-electron chi connectivity index (χ1n) is 8.21. The van der Waals surface area contributed by atoms with Gasteiger partial charge < -0.3 is 4.74 Å². The number of esters is 1. The highest BCUT2D eigenvalue weighted by Crippen LogP contribution is 2.33. The monoisotopic (exact) mass is 331 g/mol. The number of fused-ring (bicyclic) bond motifs is 2. The third-order valence-corrected chi connectivity index (χ3v) is 4.15. The number of rotatable bonds is 3. The van der Waals surface area contributed by atoms with Crippen LogP contribution in [-0.4, -0.2) is 27.1 Å². The van der Waals surface area contributed by atoms with Gasteiger partial charge in [-0.05, 0) is 32.0 Å². The lowest BCUT2D eigenvalue weighted by Gasteiger charge is -2.07. The van der Waals surface area contributed by atoms with Gasteiger partial charge in [-0.25, -0.2) is 14.8 Å². The van der Waals surface area contributed by atoms with Gasteiger partial charge in [0.25, 0.3) is 0 Å². The second-order valence-electron chi connectivity index (χ2n) is 5.72. The molecule has 124 valence electrons. The average Bonchev–Trinajstić information content (AvgIpc) is 3.02. The van der Waals surface area contributed by atoms with Gasteiger partial charge in [-0.1, -0.05) is 36.4 Å². The molecule has 0 bridgehead atoms. The largest absolute Gasteiger partial charge is 0.462 e. The van der Waals surface area contributed by atoms with Crippen LogP contribution in [0.25, 0.3) is 28.1 Å². The van der Waals surface area contributed by atoms with Crippen molar-refractivity contribution >= 4 is 17.0 Å². The number of hydrogen-bond acceptors (Lipinski definition) is 4. The topological polar surface area (TPSA) is 57.0 Å². The van der Waals surface area contributed by atoms with Crippen molar-refractivity contribution in [1.82, 2.24) is 14.5 Å². The molecule has 0 radical (unpaired) electrons. The number of benzene rings is 1. The summed E-state index contributed by atoms with van der Waals surface area (Å²) in [4.78, 5) is 22.0. The maximum absolute atomic E-state index is 12.7. The molecule has 5 heteroatoms. The fourth-order valence-corrected chi connectivity index (χ4v) is 3.12. The Morgan fingerprint density at radius 1 is 1.04 bits per heavy atom. The number of carbonyl (C=O) groups excluding carboxylic acids is 1. The highest BCUT2D eigenvalue weighted by Gasteiger charge is 2.27. The molecule has 0 spiro atoms. The molecule has 4 rings (SSSR count). The number of nitrogens with zero attached hydrogens (tertiary/aromatic N) is 3. The number of hydrogen-bond donors (Lipinski definition) is 0. The Kier molecular flexibility index (Phi) is 3.69. The van der Waals surface area contributed by atoms with Crippen molar-refractivity contribution in [3.05, 3.63) is 66.0 Å². The zero-order chi connectivity index (χ0) is 17.4. The summed E-state index contributed by atoms with van der Waals surface area (Å²) in [7, 11) is 0. The molecule has 1 aromatic carbocycles.